The van der Waals surface area contributed by atoms with E-state index in [2.05, 4.69) is 16.5 Å². The van der Waals surface area contributed by atoms with E-state index in [0.29, 0.717) is 18.5 Å². The van der Waals surface area contributed by atoms with E-state index in [1.807, 2.05) is 76.3 Å². The van der Waals surface area contributed by atoms with Crippen LogP contribution in [0.25, 0.3) is 0 Å². The summed E-state index contributed by atoms with van der Waals surface area (Å²) < 4.78 is 7.40. The first-order valence-corrected chi connectivity index (χ1v) is 11.6. The molecular weight excluding hydrogens is 428 g/mol. The number of ether oxygens (including phenoxy) is 1. The van der Waals surface area contributed by atoms with Crippen molar-refractivity contribution in [2.45, 2.75) is 45.3 Å². The standard InChI is InChI=1S/C27H32N4O3/c1-27(2,3)34-26(33)31-15-14-20-12-8-9-13-21(20)24(31)18-28-25(32)22-17-29-30(4)23(22)16-19-10-6-5-7-11-19/h5-13,17,24H,14-16,18H2,1-4H3,(H,28,32). The molecule has 3 aromatic rings. The first kappa shape index (κ1) is 23.5. The van der Waals surface area contributed by atoms with Crippen molar-refractivity contribution in [2.24, 2.45) is 7.05 Å². The maximum Gasteiger partial charge on any atom is 0.410 e. The van der Waals surface area contributed by atoms with E-state index in [1.54, 1.807) is 15.8 Å². The summed E-state index contributed by atoms with van der Waals surface area (Å²) >= 11 is 0. The van der Waals surface area contributed by atoms with Gasteiger partial charge < -0.3 is 10.1 Å². The predicted octanol–water partition coefficient (Wildman–Crippen LogP) is 4.28. The summed E-state index contributed by atoms with van der Waals surface area (Å²) in [5.74, 6) is -0.203. The summed E-state index contributed by atoms with van der Waals surface area (Å²) in [4.78, 5) is 27.9. The number of benzene rings is 2. The molecular formula is C27H32N4O3. The fourth-order valence-electron chi connectivity index (χ4n) is 4.35. The SMILES string of the molecule is Cn1ncc(C(=O)NCC2c3ccccc3CCN2C(=O)OC(C)(C)C)c1Cc1ccccc1. The Bertz CT molecular complexity index is 1160. The Kier molecular flexibility index (Phi) is 6.72. The zero-order valence-electron chi connectivity index (χ0n) is 20.2. The van der Waals surface area contributed by atoms with E-state index < -0.39 is 5.60 Å². The van der Waals surface area contributed by atoms with Gasteiger partial charge in [-0.3, -0.25) is 14.4 Å². The van der Waals surface area contributed by atoms with Crippen molar-refractivity contribution >= 4 is 12.0 Å². The van der Waals surface area contributed by atoms with Gasteiger partial charge in [-0.15, -0.1) is 0 Å². The van der Waals surface area contributed by atoms with Crippen LogP contribution >= 0.6 is 0 Å². The molecule has 4 rings (SSSR count). The minimum absolute atomic E-state index is 0.203. The number of fused-ring (bicyclic) bond motifs is 1. The normalized spacial score (nSPS) is 15.5. The van der Waals surface area contributed by atoms with Crippen LogP contribution in [0.5, 0.6) is 0 Å². The van der Waals surface area contributed by atoms with Crippen molar-refractivity contribution in [1.29, 1.82) is 0 Å². The molecule has 0 saturated carbocycles. The zero-order chi connectivity index (χ0) is 24.3. The number of carbonyl (C=O) groups excluding carboxylic acids is 2. The van der Waals surface area contributed by atoms with E-state index >= 15 is 0 Å². The quantitative estimate of drug-likeness (QED) is 0.617. The largest absolute Gasteiger partial charge is 0.444 e. The fraction of sp³-hybridized carbons (Fsp3) is 0.370. The highest BCUT2D eigenvalue weighted by Gasteiger charge is 2.34. The van der Waals surface area contributed by atoms with E-state index in [1.165, 1.54) is 5.56 Å². The van der Waals surface area contributed by atoms with Gasteiger partial charge in [-0.1, -0.05) is 54.6 Å². The molecule has 1 N–H and O–H groups in total. The van der Waals surface area contributed by atoms with Gasteiger partial charge in [0, 0.05) is 26.6 Å². The molecule has 2 heterocycles. The predicted molar refractivity (Wildman–Crippen MR) is 131 cm³/mol. The number of carbonyl (C=O) groups is 2. The van der Waals surface area contributed by atoms with Gasteiger partial charge in [-0.2, -0.15) is 5.10 Å². The van der Waals surface area contributed by atoms with E-state index in [9.17, 15) is 9.59 Å². The maximum atomic E-state index is 13.2. The van der Waals surface area contributed by atoms with E-state index in [4.69, 9.17) is 4.74 Å². The van der Waals surface area contributed by atoms with Crippen LogP contribution in [0.1, 0.15) is 59.6 Å². The number of aryl methyl sites for hydroxylation is 1. The third kappa shape index (κ3) is 5.30. The van der Waals surface area contributed by atoms with Gasteiger partial charge in [0.05, 0.1) is 23.5 Å². The van der Waals surface area contributed by atoms with Crippen LogP contribution in [0.3, 0.4) is 0 Å². The molecule has 1 atom stereocenters. The van der Waals surface area contributed by atoms with Crippen LogP contribution in [0.2, 0.25) is 0 Å². The molecule has 1 aliphatic rings. The lowest BCUT2D eigenvalue weighted by Gasteiger charge is -2.38. The number of amides is 2. The summed E-state index contributed by atoms with van der Waals surface area (Å²) in [6.45, 7) is 6.40. The third-order valence-corrected chi connectivity index (χ3v) is 6.02. The van der Waals surface area contributed by atoms with Gasteiger partial charge in [0.2, 0.25) is 0 Å². The van der Waals surface area contributed by atoms with Crippen LogP contribution in [0.15, 0.2) is 60.8 Å². The molecule has 0 spiro atoms. The smallest absolute Gasteiger partial charge is 0.410 e. The lowest BCUT2D eigenvalue weighted by atomic mass is 9.92. The molecule has 1 unspecified atom stereocenters. The van der Waals surface area contributed by atoms with Crippen LogP contribution in [0, 0.1) is 0 Å². The lowest BCUT2D eigenvalue weighted by Crippen LogP contribution is -2.47. The minimum atomic E-state index is -0.593. The average molecular weight is 461 g/mol. The van der Waals surface area contributed by atoms with Crippen LogP contribution in [0.4, 0.5) is 4.79 Å². The molecule has 1 aromatic heterocycles. The number of nitrogens with one attached hydrogen (secondary N) is 1. The highest BCUT2D eigenvalue weighted by atomic mass is 16.6. The Balaban J connectivity index is 1.54. The molecule has 0 bridgehead atoms. The van der Waals surface area contributed by atoms with Gasteiger partial charge >= 0.3 is 6.09 Å². The van der Waals surface area contributed by atoms with Crippen LogP contribution in [-0.4, -0.2) is 45.4 Å². The highest BCUT2D eigenvalue weighted by Crippen LogP contribution is 2.30. The van der Waals surface area contributed by atoms with Gasteiger partial charge in [-0.25, -0.2) is 4.79 Å². The third-order valence-electron chi connectivity index (χ3n) is 6.02. The summed E-state index contributed by atoms with van der Waals surface area (Å²) in [5, 5.41) is 7.37. The second-order valence-electron chi connectivity index (χ2n) is 9.64. The highest BCUT2D eigenvalue weighted by molar-refractivity contribution is 5.95. The van der Waals surface area contributed by atoms with E-state index in [0.717, 1.165) is 23.2 Å². The second-order valence-corrected chi connectivity index (χ2v) is 9.64. The Morgan fingerprint density at radius 3 is 2.53 bits per heavy atom. The maximum absolute atomic E-state index is 13.2. The first-order valence-electron chi connectivity index (χ1n) is 11.6. The molecule has 7 heteroatoms. The topological polar surface area (TPSA) is 76.5 Å². The summed E-state index contributed by atoms with van der Waals surface area (Å²) in [5.41, 5.74) is 4.13. The first-order chi connectivity index (χ1) is 16.2. The summed E-state index contributed by atoms with van der Waals surface area (Å²) in [6.07, 6.45) is 2.60. The number of hydrogen-bond donors (Lipinski definition) is 1. The molecule has 34 heavy (non-hydrogen) atoms. The zero-order valence-corrected chi connectivity index (χ0v) is 20.2. The molecule has 178 valence electrons. The van der Waals surface area contributed by atoms with Crippen LogP contribution < -0.4 is 5.32 Å². The van der Waals surface area contributed by atoms with E-state index in [-0.39, 0.29) is 24.6 Å². The molecule has 0 aliphatic carbocycles. The molecule has 0 fully saturated rings. The van der Waals surface area contributed by atoms with Gasteiger partial charge in [0.25, 0.3) is 5.91 Å². The molecule has 2 aromatic carbocycles. The van der Waals surface area contributed by atoms with Gasteiger partial charge in [0.15, 0.2) is 0 Å². The number of aromatic nitrogens is 2. The molecule has 0 saturated heterocycles. The second kappa shape index (κ2) is 9.71. The molecule has 2 amide bonds. The van der Waals surface area contributed by atoms with Gasteiger partial charge in [-0.05, 0) is 43.9 Å². The Morgan fingerprint density at radius 2 is 1.79 bits per heavy atom. The van der Waals surface area contributed by atoms with Crippen LogP contribution in [-0.2, 0) is 24.6 Å². The lowest BCUT2D eigenvalue weighted by molar-refractivity contribution is 0.0140. The number of rotatable bonds is 5. The minimum Gasteiger partial charge on any atom is -0.444 e. The number of hydrogen-bond acceptors (Lipinski definition) is 4. The van der Waals surface area contributed by atoms with Crippen molar-refractivity contribution in [2.75, 3.05) is 13.1 Å². The Morgan fingerprint density at radius 1 is 1.09 bits per heavy atom. The Hall–Kier alpha value is -3.61. The Labute approximate surface area is 200 Å². The number of nitrogens with zero attached hydrogens (tertiary/aromatic N) is 3. The monoisotopic (exact) mass is 460 g/mol. The molecule has 7 nitrogen and oxygen atoms in total. The summed E-state index contributed by atoms with van der Waals surface area (Å²) in [7, 11) is 1.84. The van der Waals surface area contributed by atoms with Crippen molar-refractivity contribution in [3.63, 3.8) is 0 Å². The fourth-order valence-corrected chi connectivity index (χ4v) is 4.35. The average Bonchev–Trinajstić information content (AvgIpc) is 3.16. The molecule has 1 aliphatic heterocycles. The van der Waals surface area contributed by atoms with Crippen molar-refractivity contribution in [1.82, 2.24) is 20.0 Å². The van der Waals surface area contributed by atoms with Gasteiger partial charge in [0.1, 0.15) is 5.60 Å². The summed E-state index contributed by atoms with van der Waals surface area (Å²) in [6, 6.07) is 17.8. The van der Waals surface area contributed by atoms with Crippen molar-refractivity contribution in [3.8, 4) is 0 Å². The van der Waals surface area contributed by atoms with Crippen molar-refractivity contribution < 1.29 is 14.3 Å². The molecule has 0 radical (unpaired) electrons. The van der Waals surface area contributed by atoms with Crippen molar-refractivity contribution in [3.05, 3.63) is 88.7 Å².